The van der Waals surface area contributed by atoms with Gasteiger partial charge in [-0.3, -0.25) is 19.4 Å². The smallest absolute Gasteiger partial charge is 0.433 e. The minimum absolute atomic E-state index is 0.0918. The number of pyridine rings is 1. The Morgan fingerprint density at radius 3 is 2.57 bits per heavy atom. The number of rotatable bonds is 5. The lowest BCUT2D eigenvalue weighted by molar-refractivity contribution is -0.141. The van der Waals surface area contributed by atoms with E-state index in [9.17, 15) is 18.0 Å². The number of ketones is 1. The van der Waals surface area contributed by atoms with Gasteiger partial charge in [0.15, 0.2) is 5.78 Å². The van der Waals surface area contributed by atoms with Crippen LogP contribution in [-0.4, -0.2) is 38.5 Å². The maximum atomic E-state index is 12.7. The van der Waals surface area contributed by atoms with Crippen molar-refractivity contribution < 1.29 is 22.7 Å². The van der Waals surface area contributed by atoms with Gasteiger partial charge < -0.3 is 4.74 Å². The molecular weight excluding hydrogens is 397 g/mol. The molecule has 0 N–H and O–H groups in total. The third kappa shape index (κ3) is 4.68. The number of nitrogens with zero attached hydrogens (tertiary/aromatic N) is 4. The zero-order valence-corrected chi connectivity index (χ0v) is 16.0. The molecule has 0 saturated carbocycles. The van der Waals surface area contributed by atoms with Crippen molar-refractivity contribution >= 4 is 5.78 Å². The second-order valence-corrected chi connectivity index (χ2v) is 7.03. The van der Waals surface area contributed by atoms with Crippen LogP contribution in [0.1, 0.15) is 27.4 Å². The van der Waals surface area contributed by atoms with Crippen LogP contribution in [0.2, 0.25) is 0 Å². The van der Waals surface area contributed by atoms with Crippen LogP contribution in [0.25, 0.3) is 0 Å². The summed E-state index contributed by atoms with van der Waals surface area (Å²) in [4.78, 5) is 18.0. The molecule has 0 amide bonds. The summed E-state index contributed by atoms with van der Waals surface area (Å²) < 4.78 is 45.3. The number of Topliss-reactive ketones (excluding diaryl/α,β-unsaturated/α-hetero) is 1. The van der Waals surface area contributed by atoms with Crippen LogP contribution >= 0.6 is 0 Å². The van der Waals surface area contributed by atoms with E-state index in [0.717, 1.165) is 11.8 Å². The van der Waals surface area contributed by atoms with Crippen LogP contribution in [0.5, 0.6) is 5.75 Å². The normalized spacial score (nSPS) is 15.0. The number of benzene rings is 1. The number of carbonyl (C=O) groups excluding carboxylic acids is 1. The molecule has 0 spiro atoms. The van der Waals surface area contributed by atoms with Crippen LogP contribution in [0.4, 0.5) is 13.2 Å². The third-order valence-electron chi connectivity index (χ3n) is 4.76. The van der Waals surface area contributed by atoms with E-state index in [-0.39, 0.29) is 18.9 Å². The van der Waals surface area contributed by atoms with Gasteiger partial charge in [-0.2, -0.15) is 18.3 Å². The monoisotopic (exact) mass is 416 g/mol. The van der Waals surface area contributed by atoms with Gasteiger partial charge in [-0.15, -0.1) is 0 Å². The van der Waals surface area contributed by atoms with Gasteiger partial charge in [0, 0.05) is 19.3 Å². The first-order valence-electron chi connectivity index (χ1n) is 9.41. The zero-order valence-electron chi connectivity index (χ0n) is 16.0. The number of hydrogen-bond donors (Lipinski definition) is 0. The summed E-state index contributed by atoms with van der Waals surface area (Å²) in [5.74, 6) is 0.633. The number of aromatic nitrogens is 3. The van der Waals surface area contributed by atoms with E-state index in [0.29, 0.717) is 36.6 Å². The predicted molar refractivity (Wildman–Crippen MR) is 102 cm³/mol. The molecule has 0 unspecified atom stereocenters. The molecule has 3 heterocycles. The van der Waals surface area contributed by atoms with Crippen LogP contribution < -0.4 is 4.74 Å². The molecule has 156 valence electrons. The van der Waals surface area contributed by atoms with Gasteiger partial charge >= 0.3 is 6.18 Å². The molecular formula is C21H19F3N4O2. The van der Waals surface area contributed by atoms with Crippen LogP contribution in [-0.2, 0) is 25.9 Å². The lowest BCUT2D eigenvalue weighted by atomic mass is 10.2. The molecule has 1 aromatic carbocycles. The van der Waals surface area contributed by atoms with Crippen molar-refractivity contribution in [2.75, 3.05) is 13.1 Å². The molecule has 4 rings (SSSR count). The molecule has 0 bridgehead atoms. The maximum Gasteiger partial charge on any atom is 0.433 e. The number of ether oxygens (including phenoxy) is 1. The van der Waals surface area contributed by atoms with E-state index in [1.807, 2.05) is 35.2 Å². The summed E-state index contributed by atoms with van der Waals surface area (Å²) in [7, 11) is 0. The van der Waals surface area contributed by atoms with Crippen molar-refractivity contribution in [1.29, 1.82) is 0 Å². The minimum atomic E-state index is -4.46. The Hall–Kier alpha value is -3.20. The number of alkyl halides is 3. The van der Waals surface area contributed by atoms with Crippen LogP contribution in [0.3, 0.4) is 0 Å². The summed E-state index contributed by atoms with van der Waals surface area (Å²) >= 11 is 0. The van der Waals surface area contributed by atoms with Crippen molar-refractivity contribution in [1.82, 2.24) is 19.7 Å². The SMILES string of the molecule is O=C1CN(Cc2ccc(C(F)(F)F)nc2)CCn2nc(COc3ccccc3)cc21. The van der Waals surface area contributed by atoms with Crippen molar-refractivity contribution in [3.63, 3.8) is 0 Å². The molecule has 0 saturated heterocycles. The Morgan fingerprint density at radius 2 is 1.87 bits per heavy atom. The molecule has 0 fully saturated rings. The highest BCUT2D eigenvalue weighted by Crippen LogP contribution is 2.27. The molecule has 9 heteroatoms. The highest BCUT2D eigenvalue weighted by atomic mass is 19.4. The van der Waals surface area contributed by atoms with E-state index < -0.39 is 11.9 Å². The predicted octanol–water partition coefficient (Wildman–Crippen LogP) is 3.57. The molecule has 0 aliphatic carbocycles. The first-order valence-corrected chi connectivity index (χ1v) is 9.41. The fourth-order valence-electron chi connectivity index (χ4n) is 3.29. The first-order chi connectivity index (χ1) is 14.4. The molecule has 6 nitrogen and oxygen atoms in total. The molecule has 0 radical (unpaired) electrons. The number of para-hydroxylation sites is 1. The summed E-state index contributed by atoms with van der Waals surface area (Å²) in [6.45, 7) is 1.80. The van der Waals surface area contributed by atoms with E-state index in [1.165, 1.54) is 12.3 Å². The van der Waals surface area contributed by atoms with Crippen molar-refractivity contribution in [3.8, 4) is 5.75 Å². The number of hydrogen-bond acceptors (Lipinski definition) is 5. The van der Waals surface area contributed by atoms with E-state index in [1.54, 1.807) is 10.7 Å². The van der Waals surface area contributed by atoms with Crippen molar-refractivity contribution in [2.45, 2.75) is 25.9 Å². The Labute approximate surface area is 170 Å². The van der Waals surface area contributed by atoms with E-state index in [2.05, 4.69) is 10.1 Å². The van der Waals surface area contributed by atoms with E-state index >= 15 is 0 Å². The van der Waals surface area contributed by atoms with Gasteiger partial charge in [0.2, 0.25) is 0 Å². The maximum absolute atomic E-state index is 12.7. The summed E-state index contributed by atoms with van der Waals surface area (Å²) in [6.07, 6.45) is -3.26. The van der Waals surface area contributed by atoms with Crippen LogP contribution in [0.15, 0.2) is 54.7 Å². The lowest BCUT2D eigenvalue weighted by Gasteiger charge is -2.18. The zero-order chi connectivity index (χ0) is 21.1. The largest absolute Gasteiger partial charge is 0.487 e. The van der Waals surface area contributed by atoms with Gasteiger partial charge in [0.1, 0.15) is 29.4 Å². The second kappa shape index (κ2) is 8.27. The van der Waals surface area contributed by atoms with Gasteiger partial charge in [-0.1, -0.05) is 24.3 Å². The number of fused-ring (bicyclic) bond motifs is 1. The average Bonchev–Trinajstić information content (AvgIpc) is 3.08. The molecule has 30 heavy (non-hydrogen) atoms. The standard InChI is InChI=1S/C21H19F3N4O2/c22-21(23,24)20-7-6-15(11-25-20)12-27-8-9-28-18(19(29)13-27)10-16(26-28)14-30-17-4-2-1-3-5-17/h1-7,10-11H,8-9,12-14H2. The first kappa shape index (κ1) is 20.1. The fraction of sp³-hybridized carbons (Fsp3) is 0.286. The molecule has 2 aromatic heterocycles. The molecule has 3 aromatic rings. The average molecular weight is 416 g/mol. The Bertz CT molecular complexity index is 1020. The van der Waals surface area contributed by atoms with Crippen molar-refractivity contribution in [3.05, 3.63) is 77.4 Å². The summed E-state index contributed by atoms with van der Waals surface area (Å²) in [6, 6.07) is 13.4. The Balaban J connectivity index is 1.38. The minimum Gasteiger partial charge on any atom is -0.487 e. The van der Waals surface area contributed by atoms with Gasteiger partial charge in [0.05, 0.1) is 13.1 Å². The number of halogens is 3. The van der Waals surface area contributed by atoms with Gasteiger partial charge in [-0.25, -0.2) is 0 Å². The Morgan fingerprint density at radius 1 is 1.07 bits per heavy atom. The second-order valence-electron chi connectivity index (χ2n) is 7.03. The molecule has 1 aliphatic heterocycles. The van der Waals surface area contributed by atoms with Crippen LogP contribution in [0, 0.1) is 0 Å². The molecule has 0 atom stereocenters. The topological polar surface area (TPSA) is 60.2 Å². The van der Waals surface area contributed by atoms with Gasteiger partial charge in [-0.05, 0) is 29.8 Å². The highest BCUT2D eigenvalue weighted by molar-refractivity contribution is 5.96. The van der Waals surface area contributed by atoms with Gasteiger partial charge in [0.25, 0.3) is 0 Å². The fourth-order valence-corrected chi connectivity index (χ4v) is 3.29. The third-order valence-corrected chi connectivity index (χ3v) is 4.76. The summed E-state index contributed by atoms with van der Waals surface area (Å²) in [5, 5.41) is 4.46. The van der Waals surface area contributed by atoms with E-state index in [4.69, 9.17) is 4.74 Å². The quantitative estimate of drug-likeness (QED) is 0.637. The Kier molecular flexibility index (Phi) is 5.54. The number of carbonyl (C=O) groups is 1. The molecule has 1 aliphatic rings. The summed E-state index contributed by atoms with van der Waals surface area (Å²) in [5.41, 5.74) is 0.869. The highest BCUT2D eigenvalue weighted by Gasteiger charge is 2.32. The van der Waals surface area contributed by atoms with Crippen molar-refractivity contribution in [2.24, 2.45) is 0 Å². The lowest BCUT2D eigenvalue weighted by Crippen LogP contribution is -2.29.